The van der Waals surface area contributed by atoms with Crippen LogP contribution in [0.1, 0.15) is 52.5 Å². The minimum atomic E-state index is 0.138. The lowest BCUT2D eigenvalue weighted by Crippen LogP contribution is -2.58. The first kappa shape index (κ1) is 16.4. The van der Waals surface area contributed by atoms with Crippen LogP contribution in [0.4, 0.5) is 0 Å². The number of likely N-dealkylation sites (N-methyl/N-ethyl adjacent to an activating group) is 1. The van der Waals surface area contributed by atoms with E-state index in [-0.39, 0.29) is 5.54 Å². The van der Waals surface area contributed by atoms with E-state index in [1.54, 1.807) is 0 Å². The second-order valence-electron chi connectivity index (χ2n) is 7.65. The van der Waals surface area contributed by atoms with Crippen LogP contribution in [0, 0.1) is 11.3 Å². The van der Waals surface area contributed by atoms with Gasteiger partial charge in [0.1, 0.15) is 0 Å². The van der Waals surface area contributed by atoms with Crippen LogP contribution in [-0.4, -0.2) is 28.5 Å². The molecule has 2 atom stereocenters. The highest BCUT2D eigenvalue weighted by atomic mass is 15.2. The van der Waals surface area contributed by atoms with Crippen molar-refractivity contribution in [3.8, 4) is 0 Å². The molecule has 3 nitrogen and oxygen atoms in total. The highest BCUT2D eigenvalue weighted by Gasteiger charge is 2.45. The number of hydrogen-bond acceptors (Lipinski definition) is 3. The van der Waals surface area contributed by atoms with Gasteiger partial charge >= 0.3 is 0 Å². The molecular weight excluding hydrogens is 258 g/mol. The molecule has 0 aromatic carbocycles. The van der Waals surface area contributed by atoms with Gasteiger partial charge in [0, 0.05) is 31.0 Å². The van der Waals surface area contributed by atoms with E-state index in [4.69, 9.17) is 5.73 Å². The molecule has 0 saturated heterocycles. The average molecular weight is 289 g/mol. The topological polar surface area (TPSA) is 42.2 Å². The zero-order valence-electron chi connectivity index (χ0n) is 14.1. The van der Waals surface area contributed by atoms with Crippen LogP contribution >= 0.6 is 0 Å². The van der Waals surface area contributed by atoms with Crippen molar-refractivity contribution in [1.29, 1.82) is 0 Å². The monoisotopic (exact) mass is 289 g/mol. The van der Waals surface area contributed by atoms with Crippen LogP contribution in [-0.2, 0) is 6.54 Å². The maximum Gasteiger partial charge on any atom is 0.0342 e. The predicted molar refractivity (Wildman–Crippen MR) is 88.9 cm³/mol. The van der Waals surface area contributed by atoms with Gasteiger partial charge in [0.15, 0.2) is 0 Å². The SMILES string of the molecule is CCN(Cc1ccncc1)C1(CN)CC(C)CC(C)(C)C1. The van der Waals surface area contributed by atoms with Crippen molar-refractivity contribution in [3.63, 3.8) is 0 Å². The summed E-state index contributed by atoms with van der Waals surface area (Å²) < 4.78 is 0. The Labute approximate surface area is 129 Å². The van der Waals surface area contributed by atoms with Gasteiger partial charge in [-0.25, -0.2) is 0 Å². The third-order valence-electron chi connectivity index (χ3n) is 4.99. The average Bonchev–Trinajstić information content (AvgIpc) is 2.43. The molecule has 2 rings (SSSR count). The highest BCUT2D eigenvalue weighted by molar-refractivity contribution is 5.11. The van der Waals surface area contributed by atoms with Gasteiger partial charge in [-0.15, -0.1) is 0 Å². The Bertz CT molecular complexity index is 443. The lowest BCUT2D eigenvalue weighted by molar-refractivity contribution is -0.0139. The van der Waals surface area contributed by atoms with Gasteiger partial charge in [-0.3, -0.25) is 9.88 Å². The molecule has 0 aliphatic heterocycles. The molecule has 1 heterocycles. The van der Waals surface area contributed by atoms with Crippen molar-refractivity contribution in [2.75, 3.05) is 13.1 Å². The number of aromatic nitrogens is 1. The molecular formula is C18H31N3. The van der Waals surface area contributed by atoms with Crippen molar-refractivity contribution in [2.24, 2.45) is 17.1 Å². The quantitative estimate of drug-likeness (QED) is 0.903. The van der Waals surface area contributed by atoms with Crippen LogP contribution in [0.25, 0.3) is 0 Å². The Morgan fingerprint density at radius 2 is 1.95 bits per heavy atom. The van der Waals surface area contributed by atoms with Gasteiger partial charge in [-0.05, 0) is 54.8 Å². The van der Waals surface area contributed by atoms with E-state index in [2.05, 4.69) is 49.7 Å². The Balaban J connectivity index is 2.24. The molecule has 2 unspecified atom stereocenters. The molecule has 1 fully saturated rings. The van der Waals surface area contributed by atoms with Crippen LogP contribution in [0.5, 0.6) is 0 Å². The Kier molecular flexibility index (Phi) is 5.05. The first-order valence-electron chi connectivity index (χ1n) is 8.25. The molecule has 0 radical (unpaired) electrons. The highest BCUT2D eigenvalue weighted by Crippen LogP contribution is 2.46. The predicted octanol–water partition coefficient (Wildman–Crippen LogP) is 3.45. The van der Waals surface area contributed by atoms with Crippen molar-refractivity contribution in [1.82, 2.24) is 9.88 Å². The number of hydrogen-bond donors (Lipinski definition) is 1. The molecule has 0 bridgehead atoms. The molecule has 1 aliphatic carbocycles. The summed E-state index contributed by atoms with van der Waals surface area (Å²) in [5.74, 6) is 0.740. The summed E-state index contributed by atoms with van der Waals surface area (Å²) in [6, 6.07) is 4.23. The summed E-state index contributed by atoms with van der Waals surface area (Å²) in [5.41, 5.74) is 8.14. The molecule has 0 spiro atoms. The smallest absolute Gasteiger partial charge is 0.0342 e. The third-order valence-corrected chi connectivity index (χ3v) is 4.99. The van der Waals surface area contributed by atoms with E-state index < -0.39 is 0 Å². The minimum absolute atomic E-state index is 0.138. The molecule has 1 saturated carbocycles. The maximum atomic E-state index is 6.30. The summed E-state index contributed by atoms with van der Waals surface area (Å²) in [7, 11) is 0. The van der Waals surface area contributed by atoms with Crippen molar-refractivity contribution in [2.45, 2.75) is 59.0 Å². The van der Waals surface area contributed by atoms with Crippen molar-refractivity contribution < 1.29 is 0 Å². The third kappa shape index (κ3) is 3.83. The molecule has 1 aliphatic rings. The van der Waals surface area contributed by atoms with Crippen LogP contribution in [0.2, 0.25) is 0 Å². The van der Waals surface area contributed by atoms with Crippen molar-refractivity contribution >= 4 is 0 Å². The van der Waals surface area contributed by atoms with Gasteiger partial charge in [0.05, 0.1) is 0 Å². The second-order valence-corrected chi connectivity index (χ2v) is 7.65. The first-order chi connectivity index (χ1) is 9.91. The minimum Gasteiger partial charge on any atom is -0.329 e. The summed E-state index contributed by atoms with van der Waals surface area (Å²) in [6.07, 6.45) is 7.48. The van der Waals surface area contributed by atoms with Crippen molar-refractivity contribution in [3.05, 3.63) is 30.1 Å². The maximum absolute atomic E-state index is 6.30. The van der Waals surface area contributed by atoms with Gasteiger partial charge in [-0.1, -0.05) is 27.7 Å². The van der Waals surface area contributed by atoms with E-state index in [9.17, 15) is 0 Å². The zero-order valence-corrected chi connectivity index (χ0v) is 14.1. The largest absolute Gasteiger partial charge is 0.329 e. The summed E-state index contributed by atoms with van der Waals surface area (Å²) in [4.78, 5) is 6.72. The van der Waals surface area contributed by atoms with E-state index in [0.717, 1.165) is 25.6 Å². The number of nitrogens with two attached hydrogens (primary N) is 1. The summed E-state index contributed by atoms with van der Waals surface area (Å²) in [6.45, 7) is 12.2. The molecule has 1 aromatic rings. The van der Waals surface area contributed by atoms with E-state index >= 15 is 0 Å². The van der Waals surface area contributed by atoms with Gasteiger partial charge in [0.25, 0.3) is 0 Å². The number of nitrogens with zero attached hydrogens (tertiary/aromatic N) is 2. The molecule has 1 aromatic heterocycles. The Morgan fingerprint density at radius 1 is 1.29 bits per heavy atom. The number of rotatable bonds is 5. The lowest BCUT2D eigenvalue weighted by Gasteiger charge is -2.53. The second kappa shape index (κ2) is 6.45. The van der Waals surface area contributed by atoms with E-state index in [1.165, 1.54) is 24.8 Å². The fraction of sp³-hybridized carbons (Fsp3) is 0.722. The lowest BCUT2D eigenvalue weighted by atomic mass is 9.63. The van der Waals surface area contributed by atoms with Gasteiger partial charge in [-0.2, -0.15) is 0 Å². The normalized spacial score (nSPS) is 28.8. The molecule has 118 valence electrons. The Hall–Kier alpha value is -0.930. The van der Waals surface area contributed by atoms with Crippen LogP contribution in [0.3, 0.4) is 0 Å². The Morgan fingerprint density at radius 3 is 2.48 bits per heavy atom. The van der Waals surface area contributed by atoms with Crippen LogP contribution < -0.4 is 5.73 Å². The molecule has 21 heavy (non-hydrogen) atoms. The summed E-state index contributed by atoms with van der Waals surface area (Å²) in [5, 5.41) is 0. The molecule has 0 amide bonds. The fourth-order valence-electron chi connectivity index (χ4n) is 4.55. The van der Waals surface area contributed by atoms with Gasteiger partial charge in [0.2, 0.25) is 0 Å². The van der Waals surface area contributed by atoms with E-state index in [0.29, 0.717) is 5.41 Å². The van der Waals surface area contributed by atoms with E-state index in [1.807, 2.05) is 12.4 Å². The number of pyridine rings is 1. The van der Waals surface area contributed by atoms with Crippen LogP contribution in [0.15, 0.2) is 24.5 Å². The standard InChI is InChI=1S/C18H31N3/c1-5-21(12-16-6-8-20-9-7-16)18(14-19)11-15(2)10-17(3,4)13-18/h6-9,15H,5,10-14,19H2,1-4H3. The zero-order chi connectivity index (χ0) is 15.5. The molecule has 2 N–H and O–H groups in total. The van der Waals surface area contributed by atoms with Gasteiger partial charge < -0.3 is 5.73 Å². The molecule has 3 heteroatoms. The first-order valence-corrected chi connectivity index (χ1v) is 8.25. The summed E-state index contributed by atoms with van der Waals surface area (Å²) >= 11 is 0. The fourth-order valence-corrected chi connectivity index (χ4v) is 4.55.